The first-order valence-electron chi connectivity index (χ1n) is 20.2. The molecule has 0 N–H and O–H groups in total. The molecule has 10 aromatic carbocycles. The van der Waals surface area contributed by atoms with Gasteiger partial charge in [0.1, 0.15) is 11.2 Å². The number of rotatable bonds is 6. The number of hydrogen-bond donors (Lipinski definition) is 0. The zero-order chi connectivity index (χ0) is 38.9. The van der Waals surface area contributed by atoms with E-state index in [1.165, 1.54) is 48.9 Å². The summed E-state index contributed by atoms with van der Waals surface area (Å²) in [4.78, 5) is 2.44. The van der Waals surface area contributed by atoms with Gasteiger partial charge >= 0.3 is 0 Å². The van der Waals surface area contributed by atoms with E-state index in [9.17, 15) is 0 Å². The number of nitrogens with zero attached hydrogens (tertiary/aromatic N) is 2. The van der Waals surface area contributed by atoms with Gasteiger partial charge in [-0.05, 0) is 93.5 Å². The van der Waals surface area contributed by atoms with E-state index in [-0.39, 0.29) is 0 Å². The number of furan rings is 1. The highest BCUT2D eigenvalue weighted by atomic mass is 16.3. The fourth-order valence-electron chi connectivity index (χ4n) is 9.38. The number of anilines is 3. The zero-order valence-corrected chi connectivity index (χ0v) is 32.1. The van der Waals surface area contributed by atoms with Crippen LogP contribution in [0.5, 0.6) is 0 Å². The predicted molar refractivity (Wildman–Crippen MR) is 249 cm³/mol. The highest BCUT2D eigenvalue weighted by molar-refractivity contribution is 6.21. The van der Waals surface area contributed by atoms with E-state index in [4.69, 9.17) is 4.42 Å². The molecule has 12 rings (SSSR count). The molecule has 0 aliphatic heterocycles. The molecule has 276 valence electrons. The quantitative estimate of drug-likeness (QED) is 0.158. The second-order valence-electron chi connectivity index (χ2n) is 15.2. The van der Waals surface area contributed by atoms with Crippen LogP contribution in [0, 0.1) is 0 Å². The van der Waals surface area contributed by atoms with E-state index < -0.39 is 0 Å². The topological polar surface area (TPSA) is 21.3 Å². The molecule has 0 atom stereocenters. The van der Waals surface area contributed by atoms with Crippen LogP contribution in [0.25, 0.3) is 93.2 Å². The van der Waals surface area contributed by atoms with Crippen LogP contribution >= 0.6 is 0 Å². The second kappa shape index (κ2) is 13.4. The summed E-state index contributed by atoms with van der Waals surface area (Å²) in [5.74, 6) is 0. The van der Waals surface area contributed by atoms with Crippen LogP contribution in [-0.4, -0.2) is 4.57 Å². The van der Waals surface area contributed by atoms with E-state index in [0.717, 1.165) is 61.4 Å². The van der Waals surface area contributed by atoms with Crippen LogP contribution in [0.4, 0.5) is 17.1 Å². The largest absolute Gasteiger partial charge is 0.455 e. The summed E-state index contributed by atoms with van der Waals surface area (Å²) in [5.41, 5.74) is 13.1. The van der Waals surface area contributed by atoms with Crippen molar-refractivity contribution in [2.24, 2.45) is 0 Å². The van der Waals surface area contributed by atoms with Gasteiger partial charge in [0.05, 0.1) is 27.8 Å². The Labute approximate surface area is 341 Å². The van der Waals surface area contributed by atoms with Gasteiger partial charge in [0.25, 0.3) is 0 Å². The van der Waals surface area contributed by atoms with E-state index in [1.807, 2.05) is 0 Å². The van der Waals surface area contributed by atoms with Gasteiger partial charge in [0.2, 0.25) is 0 Å². The monoisotopic (exact) mass is 752 g/mol. The summed E-state index contributed by atoms with van der Waals surface area (Å²) in [6, 6.07) is 78.6. The van der Waals surface area contributed by atoms with Crippen molar-refractivity contribution in [1.82, 2.24) is 4.57 Å². The maximum atomic E-state index is 6.82. The molecule has 2 aromatic heterocycles. The molecular formula is C56H36N2O. The number of para-hydroxylation sites is 3. The first kappa shape index (κ1) is 33.3. The Morgan fingerprint density at radius 3 is 1.83 bits per heavy atom. The Bertz CT molecular complexity index is 3540. The smallest absolute Gasteiger partial charge is 0.145 e. The summed E-state index contributed by atoms with van der Waals surface area (Å²) in [7, 11) is 0. The third-order valence-electron chi connectivity index (χ3n) is 12.0. The van der Waals surface area contributed by atoms with E-state index in [2.05, 4.69) is 228 Å². The molecule has 2 heterocycles. The lowest BCUT2D eigenvalue weighted by atomic mass is 9.96. The summed E-state index contributed by atoms with van der Waals surface area (Å²) in [6.07, 6.45) is 0. The molecule has 0 fully saturated rings. The van der Waals surface area contributed by atoms with Gasteiger partial charge in [-0.2, -0.15) is 0 Å². The Morgan fingerprint density at radius 2 is 0.983 bits per heavy atom. The Kier molecular flexibility index (Phi) is 7.54. The predicted octanol–water partition coefficient (Wildman–Crippen LogP) is 15.8. The Morgan fingerprint density at radius 1 is 0.356 bits per heavy atom. The fourth-order valence-corrected chi connectivity index (χ4v) is 9.38. The van der Waals surface area contributed by atoms with Crippen LogP contribution in [0.2, 0.25) is 0 Å². The molecule has 0 saturated heterocycles. The van der Waals surface area contributed by atoms with Crippen molar-refractivity contribution < 1.29 is 4.42 Å². The number of benzene rings is 10. The van der Waals surface area contributed by atoms with Crippen molar-refractivity contribution in [3.05, 3.63) is 218 Å². The molecule has 3 heteroatoms. The Balaban J connectivity index is 1.12. The third kappa shape index (κ3) is 5.22. The molecule has 0 aliphatic carbocycles. The third-order valence-corrected chi connectivity index (χ3v) is 12.0. The second-order valence-corrected chi connectivity index (χ2v) is 15.2. The molecule has 3 nitrogen and oxygen atoms in total. The molecule has 0 bridgehead atoms. The minimum atomic E-state index is 0.869. The first-order valence-corrected chi connectivity index (χ1v) is 20.2. The molecule has 59 heavy (non-hydrogen) atoms. The molecule has 12 aromatic rings. The highest BCUT2D eigenvalue weighted by Crippen LogP contribution is 2.49. The molecule has 0 saturated carbocycles. The average molecular weight is 753 g/mol. The van der Waals surface area contributed by atoms with Crippen LogP contribution in [0.3, 0.4) is 0 Å². The minimum Gasteiger partial charge on any atom is -0.455 e. The van der Waals surface area contributed by atoms with Crippen molar-refractivity contribution >= 4 is 82.4 Å². The maximum absolute atomic E-state index is 6.82. The zero-order valence-electron chi connectivity index (χ0n) is 32.1. The van der Waals surface area contributed by atoms with E-state index >= 15 is 0 Å². The van der Waals surface area contributed by atoms with Crippen LogP contribution < -0.4 is 4.90 Å². The van der Waals surface area contributed by atoms with E-state index in [1.54, 1.807) is 0 Å². The van der Waals surface area contributed by atoms with Gasteiger partial charge in [0.15, 0.2) is 0 Å². The number of aromatic nitrogens is 1. The van der Waals surface area contributed by atoms with Crippen molar-refractivity contribution in [3.8, 4) is 27.9 Å². The first-order chi connectivity index (χ1) is 29.3. The normalized spacial score (nSPS) is 11.7. The van der Waals surface area contributed by atoms with Gasteiger partial charge in [-0.25, -0.2) is 0 Å². The number of hydrogen-bond acceptors (Lipinski definition) is 2. The molecular weight excluding hydrogens is 717 g/mol. The molecule has 0 aliphatic rings. The van der Waals surface area contributed by atoms with Crippen molar-refractivity contribution in [2.75, 3.05) is 4.90 Å². The van der Waals surface area contributed by atoms with Gasteiger partial charge in [0, 0.05) is 38.5 Å². The lowest BCUT2D eigenvalue weighted by molar-refractivity contribution is 0.670. The minimum absolute atomic E-state index is 0.869. The van der Waals surface area contributed by atoms with Gasteiger partial charge in [-0.1, -0.05) is 158 Å². The van der Waals surface area contributed by atoms with Crippen molar-refractivity contribution in [3.63, 3.8) is 0 Å². The molecule has 0 unspecified atom stereocenters. The van der Waals surface area contributed by atoms with E-state index in [0.29, 0.717) is 0 Å². The summed E-state index contributed by atoms with van der Waals surface area (Å²) < 4.78 is 9.20. The SMILES string of the molecule is c1ccc(-c2ccc(N(c3ccc(-c4cccc5c4c4ccccc4n5-c4ccccc4)cc3)c3cccc4ccc5ccccc5c34)c3c2oc2ccccc23)cc1. The lowest BCUT2D eigenvalue weighted by Gasteiger charge is -2.28. The summed E-state index contributed by atoms with van der Waals surface area (Å²) in [5, 5.41) is 9.50. The average Bonchev–Trinajstić information content (AvgIpc) is 3.87. The number of fused-ring (bicyclic) bond motifs is 9. The Hall–Kier alpha value is -7.88. The highest BCUT2D eigenvalue weighted by Gasteiger charge is 2.24. The van der Waals surface area contributed by atoms with Crippen LogP contribution in [0.1, 0.15) is 0 Å². The molecule has 0 spiro atoms. The summed E-state index contributed by atoms with van der Waals surface area (Å²) >= 11 is 0. The van der Waals surface area contributed by atoms with Gasteiger partial charge < -0.3 is 13.9 Å². The van der Waals surface area contributed by atoms with Gasteiger partial charge in [-0.15, -0.1) is 0 Å². The van der Waals surface area contributed by atoms with Gasteiger partial charge in [-0.3, -0.25) is 0 Å². The molecule has 0 amide bonds. The van der Waals surface area contributed by atoms with Crippen LogP contribution in [-0.2, 0) is 0 Å². The fraction of sp³-hybridized carbons (Fsp3) is 0. The maximum Gasteiger partial charge on any atom is 0.145 e. The summed E-state index contributed by atoms with van der Waals surface area (Å²) in [6.45, 7) is 0. The van der Waals surface area contributed by atoms with Crippen LogP contribution in [0.15, 0.2) is 223 Å². The standard InChI is InChI=1S/C56H36N2O/c1-3-15-37(16-4-1)45-35-36-51(55-47-23-10-12-28-52(47)59-56(45)55)58(49-26-13-18-40-30-29-38-17-7-8-21-43(38)53(40)49)42-33-31-39(32-34-42)44-24-14-27-50-54(44)46-22-9-11-25-48(46)57(50)41-19-5-2-6-20-41/h1-36H. The van der Waals surface area contributed by atoms with Crippen molar-refractivity contribution in [1.29, 1.82) is 0 Å². The lowest BCUT2D eigenvalue weighted by Crippen LogP contribution is -2.11. The van der Waals surface area contributed by atoms with Crippen molar-refractivity contribution in [2.45, 2.75) is 0 Å². The molecule has 0 radical (unpaired) electrons.